The summed E-state index contributed by atoms with van der Waals surface area (Å²) in [6.45, 7) is 0. The van der Waals surface area contributed by atoms with Gasteiger partial charge in [0.15, 0.2) is 0 Å². The fourth-order valence-electron chi connectivity index (χ4n) is 2.08. The Morgan fingerprint density at radius 1 is 1.24 bits per heavy atom. The maximum Gasteiger partial charge on any atom is 0.104 e. The van der Waals surface area contributed by atoms with Gasteiger partial charge in [0.25, 0.3) is 0 Å². The average Bonchev–Trinajstić information content (AvgIpc) is 2.91. The summed E-state index contributed by atoms with van der Waals surface area (Å²) in [6.07, 6.45) is 3.81. The molecule has 1 aromatic carbocycles. The minimum absolute atomic E-state index is 1.02. The lowest BCUT2D eigenvalue weighted by molar-refractivity contribution is 0.183. The molecule has 2 aromatic heterocycles. The normalized spacial score (nSPS) is 10.9. The summed E-state index contributed by atoms with van der Waals surface area (Å²) in [6, 6.07) is 10.2. The van der Waals surface area contributed by atoms with Gasteiger partial charge in [-0.3, -0.25) is 4.68 Å². The Balaban J connectivity index is 2.29. The summed E-state index contributed by atoms with van der Waals surface area (Å²) in [7, 11) is 3.58. The lowest BCUT2D eigenvalue weighted by Crippen LogP contribution is -2.06. The Bertz CT molecular complexity index is 666. The number of aryl methyl sites for hydroxylation is 1. The van der Waals surface area contributed by atoms with Gasteiger partial charge in [0.05, 0.1) is 17.4 Å². The first-order chi connectivity index (χ1) is 8.29. The molecule has 0 radical (unpaired) electrons. The first-order valence-electron chi connectivity index (χ1n) is 5.43. The zero-order valence-electron chi connectivity index (χ0n) is 9.79. The Morgan fingerprint density at radius 2 is 2.06 bits per heavy atom. The van der Waals surface area contributed by atoms with E-state index in [0.29, 0.717) is 0 Å². The second-order valence-electron chi connectivity index (χ2n) is 3.97. The van der Waals surface area contributed by atoms with Crippen molar-refractivity contribution in [1.82, 2.24) is 14.5 Å². The van der Waals surface area contributed by atoms with E-state index in [0.717, 1.165) is 22.2 Å². The van der Waals surface area contributed by atoms with Crippen LogP contribution < -0.4 is 4.84 Å². The van der Waals surface area contributed by atoms with E-state index < -0.39 is 0 Å². The van der Waals surface area contributed by atoms with Crippen LogP contribution in [-0.4, -0.2) is 21.6 Å². The van der Waals surface area contributed by atoms with E-state index in [1.807, 2.05) is 42.4 Å². The first kappa shape index (κ1) is 9.96. The molecule has 4 nitrogen and oxygen atoms in total. The van der Waals surface area contributed by atoms with Crippen molar-refractivity contribution in [3.05, 3.63) is 42.7 Å². The molecule has 0 aliphatic carbocycles. The van der Waals surface area contributed by atoms with Gasteiger partial charge in [-0.2, -0.15) is 9.83 Å². The summed E-state index contributed by atoms with van der Waals surface area (Å²) in [4.78, 5) is 5.44. The summed E-state index contributed by atoms with van der Waals surface area (Å²) >= 11 is 0. The van der Waals surface area contributed by atoms with E-state index in [1.165, 1.54) is 0 Å². The van der Waals surface area contributed by atoms with Gasteiger partial charge in [-0.05, 0) is 12.1 Å². The topological polar surface area (TPSA) is 32.0 Å². The molecule has 0 amide bonds. The van der Waals surface area contributed by atoms with Crippen LogP contribution in [0.1, 0.15) is 0 Å². The number of para-hydroxylation sites is 1. The smallest absolute Gasteiger partial charge is 0.104 e. The van der Waals surface area contributed by atoms with Crippen molar-refractivity contribution in [1.29, 1.82) is 0 Å². The average molecular weight is 227 g/mol. The third-order valence-electron chi connectivity index (χ3n) is 2.85. The second kappa shape index (κ2) is 3.66. The molecule has 2 heterocycles. The Hall–Kier alpha value is -2.23. The number of aromatic nitrogens is 3. The fraction of sp³-hybridized carbons (Fsp3) is 0.154. The van der Waals surface area contributed by atoms with Crippen LogP contribution in [0.15, 0.2) is 42.7 Å². The molecule has 0 atom stereocenters. The third kappa shape index (κ3) is 1.49. The quantitative estimate of drug-likeness (QED) is 0.671. The molecule has 0 bridgehead atoms. The van der Waals surface area contributed by atoms with E-state index in [-0.39, 0.29) is 0 Å². The Morgan fingerprint density at radius 3 is 2.76 bits per heavy atom. The van der Waals surface area contributed by atoms with Crippen molar-refractivity contribution >= 4 is 10.9 Å². The van der Waals surface area contributed by atoms with Crippen LogP contribution in [0, 0.1) is 0 Å². The van der Waals surface area contributed by atoms with Crippen molar-refractivity contribution in [3.63, 3.8) is 0 Å². The molecule has 3 rings (SSSR count). The summed E-state index contributed by atoms with van der Waals surface area (Å²) in [5, 5.41) is 5.35. The largest absolute Gasteiger partial charge is 0.416 e. The maximum absolute atomic E-state index is 5.44. The maximum atomic E-state index is 5.44. The minimum Gasteiger partial charge on any atom is -0.416 e. The van der Waals surface area contributed by atoms with Crippen LogP contribution in [-0.2, 0) is 7.05 Å². The predicted octanol–water partition coefficient (Wildman–Crippen LogP) is 2.10. The summed E-state index contributed by atoms with van der Waals surface area (Å²) in [5.74, 6) is 0. The van der Waals surface area contributed by atoms with Gasteiger partial charge in [-0.25, -0.2) is 0 Å². The molecule has 0 unspecified atom stereocenters. The lowest BCUT2D eigenvalue weighted by Gasteiger charge is -2.06. The van der Waals surface area contributed by atoms with Crippen LogP contribution in [0.2, 0.25) is 0 Å². The van der Waals surface area contributed by atoms with Gasteiger partial charge in [0.2, 0.25) is 0 Å². The van der Waals surface area contributed by atoms with E-state index in [1.54, 1.807) is 11.8 Å². The highest BCUT2D eigenvalue weighted by molar-refractivity contribution is 5.86. The zero-order valence-corrected chi connectivity index (χ0v) is 9.79. The van der Waals surface area contributed by atoms with Crippen molar-refractivity contribution in [3.8, 4) is 11.3 Å². The number of rotatable bonds is 2. The first-order valence-corrected chi connectivity index (χ1v) is 5.43. The molecular formula is C13H13N3O. The third-order valence-corrected chi connectivity index (χ3v) is 2.85. The number of fused-ring (bicyclic) bond motifs is 1. The SMILES string of the molecule is COn1c(-c2cnn(C)c2)cc2ccccc21. The molecule has 17 heavy (non-hydrogen) atoms. The number of hydrogen-bond acceptors (Lipinski definition) is 2. The van der Waals surface area contributed by atoms with E-state index in [9.17, 15) is 0 Å². The second-order valence-corrected chi connectivity index (χ2v) is 3.97. The van der Waals surface area contributed by atoms with Crippen molar-refractivity contribution in [2.45, 2.75) is 0 Å². The van der Waals surface area contributed by atoms with Crippen LogP contribution in [0.4, 0.5) is 0 Å². The van der Waals surface area contributed by atoms with Gasteiger partial charge in [0.1, 0.15) is 7.11 Å². The molecule has 0 spiro atoms. The highest BCUT2D eigenvalue weighted by Crippen LogP contribution is 2.26. The molecule has 0 fully saturated rings. The highest BCUT2D eigenvalue weighted by atomic mass is 16.6. The number of benzene rings is 1. The van der Waals surface area contributed by atoms with E-state index in [4.69, 9.17) is 4.84 Å². The number of hydrogen-bond donors (Lipinski definition) is 0. The molecule has 0 saturated heterocycles. The number of nitrogens with zero attached hydrogens (tertiary/aromatic N) is 3. The summed E-state index contributed by atoms with van der Waals surface area (Å²) in [5.41, 5.74) is 3.13. The predicted molar refractivity (Wildman–Crippen MR) is 66.6 cm³/mol. The van der Waals surface area contributed by atoms with Gasteiger partial charge in [-0.15, -0.1) is 0 Å². The summed E-state index contributed by atoms with van der Waals surface area (Å²) < 4.78 is 3.61. The minimum atomic E-state index is 1.02. The van der Waals surface area contributed by atoms with Gasteiger partial charge in [0, 0.05) is 24.2 Å². The Labute approximate surface area is 99.0 Å². The molecule has 3 aromatic rings. The standard InChI is InChI=1S/C13H13N3O/c1-15-9-11(8-14-15)13-7-10-5-3-4-6-12(10)16(13)17-2/h3-9H,1-2H3. The molecule has 4 heteroatoms. The lowest BCUT2D eigenvalue weighted by atomic mass is 10.2. The Kier molecular flexibility index (Phi) is 2.14. The van der Waals surface area contributed by atoms with Crippen molar-refractivity contribution in [2.24, 2.45) is 7.05 Å². The molecule has 86 valence electrons. The molecule has 0 aliphatic rings. The van der Waals surface area contributed by atoms with Crippen LogP contribution in [0.5, 0.6) is 0 Å². The molecule has 0 aliphatic heterocycles. The van der Waals surface area contributed by atoms with Crippen LogP contribution >= 0.6 is 0 Å². The van der Waals surface area contributed by atoms with Crippen molar-refractivity contribution in [2.75, 3.05) is 7.11 Å². The molecule has 0 N–H and O–H groups in total. The molecular weight excluding hydrogens is 214 g/mol. The fourth-order valence-corrected chi connectivity index (χ4v) is 2.08. The van der Waals surface area contributed by atoms with E-state index in [2.05, 4.69) is 17.2 Å². The van der Waals surface area contributed by atoms with Crippen molar-refractivity contribution < 1.29 is 4.84 Å². The van der Waals surface area contributed by atoms with Crippen LogP contribution in [0.25, 0.3) is 22.2 Å². The van der Waals surface area contributed by atoms with Crippen LogP contribution in [0.3, 0.4) is 0 Å². The zero-order chi connectivity index (χ0) is 11.8. The van der Waals surface area contributed by atoms with Gasteiger partial charge >= 0.3 is 0 Å². The monoisotopic (exact) mass is 227 g/mol. The van der Waals surface area contributed by atoms with Gasteiger partial charge in [-0.1, -0.05) is 18.2 Å². The highest BCUT2D eigenvalue weighted by Gasteiger charge is 2.11. The van der Waals surface area contributed by atoms with Gasteiger partial charge < -0.3 is 4.84 Å². The molecule has 0 saturated carbocycles. The van der Waals surface area contributed by atoms with E-state index >= 15 is 0 Å².